The zero-order chi connectivity index (χ0) is 12.1. The highest BCUT2D eigenvalue weighted by atomic mass is 35.5. The number of halogens is 1. The fraction of sp³-hybridized carbons (Fsp3) is 0.500. The van der Waals surface area contributed by atoms with Gasteiger partial charge < -0.3 is 4.90 Å². The average molecular weight is 252 g/mol. The molecule has 2 rings (SSSR count). The Morgan fingerprint density at radius 1 is 1.00 bits per heavy atom. The number of nitrogens with zero attached hydrogens (tertiary/aromatic N) is 1. The van der Waals surface area contributed by atoms with Crippen molar-refractivity contribution < 1.29 is 4.79 Å². The Labute approximate surface area is 108 Å². The second-order valence-corrected chi connectivity index (χ2v) is 4.95. The van der Waals surface area contributed by atoms with E-state index in [2.05, 4.69) is 0 Å². The van der Waals surface area contributed by atoms with E-state index in [4.69, 9.17) is 11.6 Å². The summed E-state index contributed by atoms with van der Waals surface area (Å²) < 4.78 is 0. The normalized spacial score (nSPS) is 17.4. The number of hydrogen-bond acceptors (Lipinski definition) is 1. The largest absolute Gasteiger partial charge is 0.339 e. The summed E-state index contributed by atoms with van der Waals surface area (Å²) in [7, 11) is 0. The van der Waals surface area contributed by atoms with E-state index in [0.717, 1.165) is 25.9 Å². The van der Waals surface area contributed by atoms with E-state index in [0.29, 0.717) is 10.6 Å². The smallest absolute Gasteiger partial charge is 0.255 e. The maximum atomic E-state index is 12.3. The second-order valence-electron chi connectivity index (χ2n) is 4.54. The van der Waals surface area contributed by atoms with Crippen molar-refractivity contribution >= 4 is 17.5 Å². The maximum absolute atomic E-state index is 12.3. The van der Waals surface area contributed by atoms with Crippen molar-refractivity contribution in [3.05, 3.63) is 34.9 Å². The van der Waals surface area contributed by atoms with Crippen LogP contribution in [0.1, 0.15) is 42.5 Å². The maximum Gasteiger partial charge on any atom is 0.255 e. The zero-order valence-corrected chi connectivity index (χ0v) is 10.7. The summed E-state index contributed by atoms with van der Waals surface area (Å²) in [6, 6.07) is 7.30. The van der Waals surface area contributed by atoms with Crippen LogP contribution in [-0.2, 0) is 0 Å². The molecule has 1 aliphatic heterocycles. The van der Waals surface area contributed by atoms with Crippen molar-refractivity contribution in [1.29, 1.82) is 0 Å². The van der Waals surface area contributed by atoms with E-state index >= 15 is 0 Å². The lowest BCUT2D eigenvalue weighted by Crippen LogP contribution is -2.33. The van der Waals surface area contributed by atoms with Gasteiger partial charge in [-0.05, 0) is 25.0 Å². The topological polar surface area (TPSA) is 20.3 Å². The van der Waals surface area contributed by atoms with E-state index in [1.54, 1.807) is 6.07 Å². The van der Waals surface area contributed by atoms with Crippen LogP contribution in [0.4, 0.5) is 0 Å². The van der Waals surface area contributed by atoms with Crippen LogP contribution in [0.3, 0.4) is 0 Å². The van der Waals surface area contributed by atoms with Gasteiger partial charge in [0, 0.05) is 13.1 Å². The number of likely N-dealkylation sites (tertiary alicyclic amines) is 1. The Morgan fingerprint density at radius 3 is 2.24 bits per heavy atom. The SMILES string of the molecule is O=C(c1ccccc1Cl)N1CCCCCCC1. The Morgan fingerprint density at radius 2 is 1.59 bits per heavy atom. The highest BCUT2D eigenvalue weighted by molar-refractivity contribution is 6.33. The minimum absolute atomic E-state index is 0.0810. The summed E-state index contributed by atoms with van der Waals surface area (Å²) in [6.07, 6.45) is 5.97. The van der Waals surface area contributed by atoms with Gasteiger partial charge in [-0.15, -0.1) is 0 Å². The lowest BCUT2D eigenvalue weighted by molar-refractivity contribution is 0.0742. The monoisotopic (exact) mass is 251 g/mol. The molecule has 1 aromatic rings. The fourth-order valence-corrected chi connectivity index (χ4v) is 2.47. The first-order valence-corrected chi connectivity index (χ1v) is 6.70. The van der Waals surface area contributed by atoms with Crippen molar-refractivity contribution in [2.24, 2.45) is 0 Å². The van der Waals surface area contributed by atoms with E-state index in [-0.39, 0.29) is 5.91 Å². The first-order valence-electron chi connectivity index (χ1n) is 6.33. The van der Waals surface area contributed by atoms with Crippen LogP contribution < -0.4 is 0 Å². The molecule has 1 heterocycles. The predicted octanol–water partition coefficient (Wildman–Crippen LogP) is 3.75. The molecule has 1 fully saturated rings. The summed E-state index contributed by atoms with van der Waals surface area (Å²) in [5.41, 5.74) is 0.634. The molecule has 0 N–H and O–H groups in total. The molecule has 1 amide bonds. The molecule has 1 aromatic carbocycles. The van der Waals surface area contributed by atoms with Crippen LogP contribution in [0.2, 0.25) is 5.02 Å². The molecule has 1 aliphatic rings. The van der Waals surface area contributed by atoms with E-state index in [9.17, 15) is 4.79 Å². The number of carbonyl (C=O) groups excluding carboxylic acids is 1. The Hall–Kier alpha value is -1.02. The van der Waals surface area contributed by atoms with Crippen LogP contribution in [0.5, 0.6) is 0 Å². The Bertz CT molecular complexity index is 384. The first kappa shape index (κ1) is 12.4. The molecular weight excluding hydrogens is 234 g/mol. The summed E-state index contributed by atoms with van der Waals surface area (Å²) in [5, 5.41) is 0.555. The highest BCUT2D eigenvalue weighted by Gasteiger charge is 2.18. The zero-order valence-electron chi connectivity index (χ0n) is 9.99. The van der Waals surface area contributed by atoms with Gasteiger partial charge in [0.25, 0.3) is 5.91 Å². The number of carbonyl (C=O) groups is 1. The average Bonchev–Trinajstić information content (AvgIpc) is 2.28. The minimum atomic E-state index is 0.0810. The first-order chi connectivity index (χ1) is 8.29. The van der Waals surface area contributed by atoms with Gasteiger partial charge in [0.2, 0.25) is 0 Å². The molecule has 1 saturated heterocycles. The van der Waals surface area contributed by atoms with Gasteiger partial charge in [0.15, 0.2) is 0 Å². The molecule has 0 unspecified atom stereocenters. The summed E-state index contributed by atoms with van der Waals surface area (Å²) in [5.74, 6) is 0.0810. The molecule has 0 atom stereocenters. The van der Waals surface area contributed by atoms with Gasteiger partial charge in [-0.25, -0.2) is 0 Å². The second kappa shape index (κ2) is 6.06. The third-order valence-corrected chi connectivity index (χ3v) is 3.58. The molecule has 0 aliphatic carbocycles. The molecular formula is C14H18ClNO. The van der Waals surface area contributed by atoms with Crippen LogP contribution in [0.15, 0.2) is 24.3 Å². The number of rotatable bonds is 1. The van der Waals surface area contributed by atoms with Crippen molar-refractivity contribution in [3.8, 4) is 0 Å². The van der Waals surface area contributed by atoms with Gasteiger partial charge in [0.05, 0.1) is 10.6 Å². The summed E-state index contributed by atoms with van der Waals surface area (Å²) in [6.45, 7) is 1.73. The number of benzene rings is 1. The van der Waals surface area contributed by atoms with Crippen LogP contribution in [0, 0.1) is 0 Å². The molecule has 17 heavy (non-hydrogen) atoms. The lowest BCUT2D eigenvalue weighted by atomic mass is 10.1. The molecule has 2 nitrogen and oxygen atoms in total. The molecule has 0 radical (unpaired) electrons. The van der Waals surface area contributed by atoms with E-state index in [1.165, 1.54) is 19.3 Å². The number of hydrogen-bond donors (Lipinski definition) is 0. The van der Waals surface area contributed by atoms with Gasteiger partial charge in [-0.1, -0.05) is 43.0 Å². The fourth-order valence-electron chi connectivity index (χ4n) is 2.26. The summed E-state index contributed by atoms with van der Waals surface area (Å²) >= 11 is 6.06. The standard InChI is InChI=1S/C14H18ClNO/c15-13-9-5-4-8-12(13)14(17)16-10-6-2-1-3-7-11-16/h4-5,8-9H,1-3,6-7,10-11H2. The van der Waals surface area contributed by atoms with Crippen molar-refractivity contribution in [2.45, 2.75) is 32.1 Å². The highest BCUT2D eigenvalue weighted by Crippen LogP contribution is 2.19. The third-order valence-electron chi connectivity index (χ3n) is 3.25. The van der Waals surface area contributed by atoms with Crippen LogP contribution >= 0.6 is 11.6 Å². The predicted molar refractivity (Wildman–Crippen MR) is 70.4 cm³/mol. The molecule has 0 bridgehead atoms. The van der Waals surface area contributed by atoms with Gasteiger partial charge in [-0.3, -0.25) is 4.79 Å². The van der Waals surface area contributed by atoms with E-state index < -0.39 is 0 Å². The van der Waals surface area contributed by atoms with Crippen molar-refractivity contribution in [3.63, 3.8) is 0 Å². The van der Waals surface area contributed by atoms with Crippen LogP contribution in [-0.4, -0.2) is 23.9 Å². The number of amides is 1. The van der Waals surface area contributed by atoms with Gasteiger partial charge in [-0.2, -0.15) is 0 Å². The summed E-state index contributed by atoms with van der Waals surface area (Å²) in [4.78, 5) is 14.3. The lowest BCUT2D eigenvalue weighted by Gasteiger charge is -2.25. The quantitative estimate of drug-likeness (QED) is 0.745. The van der Waals surface area contributed by atoms with Crippen LogP contribution in [0.25, 0.3) is 0 Å². The minimum Gasteiger partial charge on any atom is -0.339 e. The molecule has 0 saturated carbocycles. The Balaban J connectivity index is 2.10. The molecule has 92 valence electrons. The van der Waals surface area contributed by atoms with Gasteiger partial charge >= 0.3 is 0 Å². The Kier molecular flexibility index (Phi) is 4.43. The van der Waals surface area contributed by atoms with Crippen molar-refractivity contribution in [2.75, 3.05) is 13.1 Å². The third kappa shape index (κ3) is 3.22. The molecule has 0 spiro atoms. The van der Waals surface area contributed by atoms with Crippen molar-refractivity contribution in [1.82, 2.24) is 4.90 Å². The molecule has 3 heteroatoms. The van der Waals surface area contributed by atoms with Gasteiger partial charge in [0.1, 0.15) is 0 Å². The molecule has 0 aromatic heterocycles. The van der Waals surface area contributed by atoms with E-state index in [1.807, 2.05) is 23.1 Å².